The Labute approximate surface area is 98.7 Å². The van der Waals surface area contributed by atoms with Crippen molar-refractivity contribution in [2.45, 2.75) is 58.4 Å². The maximum atomic E-state index is 12.5. The van der Waals surface area contributed by atoms with Crippen LogP contribution >= 0.6 is 7.82 Å². The van der Waals surface area contributed by atoms with Gasteiger partial charge in [-0.2, -0.15) is 0 Å². The van der Waals surface area contributed by atoms with Crippen LogP contribution < -0.4 is 0 Å². The highest BCUT2D eigenvalue weighted by Crippen LogP contribution is 2.47. The second kappa shape index (κ2) is 8.08. The molecule has 0 heterocycles. The van der Waals surface area contributed by atoms with E-state index in [1.165, 1.54) is 0 Å². The summed E-state index contributed by atoms with van der Waals surface area (Å²) in [6.45, 7) is 3.68. The van der Waals surface area contributed by atoms with Gasteiger partial charge in [-0.05, 0) is 12.8 Å². The average molecular weight is 278 g/mol. The molecule has 8 heteroatoms. The van der Waals surface area contributed by atoms with Gasteiger partial charge in [0.1, 0.15) is 0 Å². The van der Waals surface area contributed by atoms with Crippen molar-refractivity contribution >= 4 is 7.82 Å². The minimum absolute atomic E-state index is 0.480. The average Bonchev–Trinajstić information content (AvgIpc) is 2.16. The Balaban J connectivity index is 4.33. The van der Waals surface area contributed by atoms with Crippen molar-refractivity contribution in [3.63, 3.8) is 0 Å². The van der Waals surface area contributed by atoms with E-state index in [1.54, 1.807) is 0 Å². The molecule has 2 atom stereocenters. The number of phosphoric acid groups is 1. The predicted octanol–water partition coefficient (Wildman–Crippen LogP) is 3.65. The lowest BCUT2D eigenvalue weighted by atomic mass is 10.1. The first kappa shape index (κ1) is 16.9. The molecule has 104 valence electrons. The normalized spacial score (nSPS) is 17.4. The number of phosphoric ester groups is 1. The molecule has 0 aromatic heterocycles. The van der Waals surface area contributed by atoms with Gasteiger partial charge in [0.05, 0.1) is 6.10 Å². The molecule has 17 heavy (non-hydrogen) atoms. The summed E-state index contributed by atoms with van der Waals surface area (Å²) in [5.74, 6) is 0. The van der Waals surface area contributed by atoms with E-state index < -0.39 is 26.7 Å². The van der Waals surface area contributed by atoms with Gasteiger partial charge < -0.3 is 4.89 Å². The molecule has 0 amide bonds. The number of hydrogen-bond donors (Lipinski definition) is 1. The summed E-state index contributed by atoms with van der Waals surface area (Å²) in [4.78, 5) is 9.10. The van der Waals surface area contributed by atoms with Crippen LogP contribution in [0.5, 0.6) is 0 Å². The van der Waals surface area contributed by atoms with Gasteiger partial charge in [-0.1, -0.05) is 26.7 Å². The van der Waals surface area contributed by atoms with Gasteiger partial charge in [0.15, 0.2) is 0 Å². The molecule has 1 N–H and O–H groups in total. The van der Waals surface area contributed by atoms with Crippen molar-refractivity contribution < 1.29 is 31.7 Å². The van der Waals surface area contributed by atoms with Crippen LogP contribution in [0.15, 0.2) is 0 Å². The highest BCUT2D eigenvalue weighted by molar-refractivity contribution is 7.47. The standard InChI is InChI=1S/C9H18F3O4P/c1-3-5-7(6-4-2)15-17(13,14)16-9(12)8(10)11/h7-9H,3-6H2,1-2H3,(H,13,14). The highest BCUT2D eigenvalue weighted by Gasteiger charge is 2.34. The molecule has 0 saturated carbocycles. The molecular formula is C9H18F3O4P. The largest absolute Gasteiger partial charge is 0.475 e. The zero-order valence-electron chi connectivity index (χ0n) is 9.81. The SMILES string of the molecule is CCCC(CCC)OP(=O)(O)OC(F)C(F)F. The quantitative estimate of drug-likeness (QED) is 0.654. The summed E-state index contributed by atoms with van der Waals surface area (Å²) in [5.41, 5.74) is 0. The van der Waals surface area contributed by atoms with Gasteiger partial charge in [-0.3, -0.25) is 4.52 Å². The zero-order chi connectivity index (χ0) is 13.5. The maximum Gasteiger partial charge on any atom is 0.475 e. The summed E-state index contributed by atoms with van der Waals surface area (Å²) in [7, 11) is -4.77. The van der Waals surface area contributed by atoms with Crippen LogP contribution in [0.2, 0.25) is 0 Å². The molecule has 0 fully saturated rings. The predicted molar refractivity (Wildman–Crippen MR) is 56.5 cm³/mol. The minimum Gasteiger partial charge on any atom is -0.302 e. The third kappa shape index (κ3) is 7.76. The van der Waals surface area contributed by atoms with Crippen molar-refractivity contribution in [1.29, 1.82) is 0 Å². The third-order valence-electron chi connectivity index (χ3n) is 1.94. The number of rotatable bonds is 9. The number of hydrogen-bond acceptors (Lipinski definition) is 3. The van der Waals surface area contributed by atoms with Crippen molar-refractivity contribution in [2.24, 2.45) is 0 Å². The molecule has 0 aliphatic rings. The molecule has 0 aromatic rings. The molecule has 2 unspecified atom stereocenters. The Bertz CT molecular complexity index is 246. The fraction of sp³-hybridized carbons (Fsp3) is 1.00. The fourth-order valence-electron chi connectivity index (χ4n) is 1.28. The molecule has 0 aliphatic heterocycles. The van der Waals surface area contributed by atoms with E-state index in [2.05, 4.69) is 9.05 Å². The summed E-state index contributed by atoms with van der Waals surface area (Å²) in [6.07, 6.45) is -4.84. The Morgan fingerprint density at radius 2 is 1.59 bits per heavy atom. The Kier molecular flexibility index (Phi) is 8.03. The Morgan fingerprint density at radius 1 is 1.12 bits per heavy atom. The number of alkyl halides is 3. The first-order chi connectivity index (χ1) is 7.82. The molecule has 0 aliphatic carbocycles. The van der Waals surface area contributed by atoms with Crippen molar-refractivity contribution in [2.75, 3.05) is 0 Å². The molecule has 4 nitrogen and oxygen atoms in total. The highest BCUT2D eigenvalue weighted by atomic mass is 31.2. The lowest BCUT2D eigenvalue weighted by molar-refractivity contribution is -0.0862. The monoisotopic (exact) mass is 278 g/mol. The number of halogens is 3. The summed E-state index contributed by atoms with van der Waals surface area (Å²) in [5, 5.41) is 0. The van der Waals surface area contributed by atoms with Crippen molar-refractivity contribution in [3.05, 3.63) is 0 Å². The van der Waals surface area contributed by atoms with E-state index in [0.29, 0.717) is 25.7 Å². The molecule has 0 radical (unpaired) electrons. The second-order valence-electron chi connectivity index (χ2n) is 3.56. The van der Waals surface area contributed by atoms with Crippen molar-refractivity contribution in [3.8, 4) is 0 Å². The van der Waals surface area contributed by atoms with Crippen LogP contribution in [-0.4, -0.2) is 23.8 Å². The van der Waals surface area contributed by atoms with E-state index in [-0.39, 0.29) is 0 Å². The maximum absolute atomic E-state index is 12.5. The van der Waals surface area contributed by atoms with Crippen LogP contribution in [0.25, 0.3) is 0 Å². The van der Waals surface area contributed by atoms with Gasteiger partial charge in [0.25, 0.3) is 12.8 Å². The molecular weight excluding hydrogens is 260 g/mol. The third-order valence-corrected chi connectivity index (χ3v) is 2.97. The van der Waals surface area contributed by atoms with E-state index in [9.17, 15) is 17.7 Å². The van der Waals surface area contributed by atoms with E-state index in [1.807, 2.05) is 13.8 Å². The van der Waals surface area contributed by atoms with Gasteiger partial charge in [0, 0.05) is 0 Å². The van der Waals surface area contributed by atoms with Crippen LogP contribution in [-0.2, 0) is 13.6 Å². The summed E-state index contributed by atoms with van der Waals surface area (Å²) >= 11 is 0. The fourth-order valence-corrected chi connectivity index (χ4v) is 2.26. The Hall–Kier alpha value is -0.100. The van der Waals surface area contributed by atoms with Crippen LogP contribution in [0.3, 0.4) is 0 Å². The molecule has 0 aromatic carbocycles. The van der Waals surface area contributed by atoms with E-state index >= 15 is 0 Å². The van der Waals surface area contributed by atoms with Gasteiger partial charge >= 0.3 is 7.82 Å². The van der Waals surface area contributed by atoms with Crippen LogP contribution in [0.4, 0.5) is 13.2 Å². The Morgan fingerprint density at radius 3 is 1.94 bits per heavy atom. The minimum atomic E-state index is -4.77. The summed E-state index contributed by atoms with van der Waals surface area (Å²) in [6, 6.07) is 0. The lowest BCUT2D eigenvalue weighted by Crippen LogP contribution is -2.18. The molecule has 0 rings (SSSR count). The first-order valence-electron chi connectivity index (χ1n) is 5.44. The molecule has 0 bridgehead atoms. The molecule has 0 saturated heterocycles. The zero-order valence-corrected chi connectivity index (χ0v) is 10.7. The van der Waals surface area contributed by atoms with Gasteiger partial charge in [0.2, 0.25) is 0 Å². The van der Waals surface area contributed by atoms with Crippen LogP contribution in [0, 0.1) is 0 Å². The lowest BCUT2D eigenvalue weighted by Gasteiger charge is -2.20. The topological polar surface area (TPSA) is 55.8 Å². The smallest absolute Gasteiger partial charge is 0.302 e. The molecule has 0 spiro atoms. The van der Waals surface area contributed by atoms with Gasteiger partial charge in [-0.15, -0.1) is 0 Å². The second-order valence-corrected chi connectivity index (χ2v) is 4.92. The van der Waals surface area contributed by atoms with Crippen LogP contribution in [0.1, 0.15) is 39.5 Å². The summed E-state index contributed by atoms with van der Waals surface area (Å²) < 4.78 is 55.6. The van der Waals surface area contributed by atoms with E-state index in [4.69, 9.17) is 4.89 Å². The van der Waals surface area contributed by atoms with E-state index in [0.717, 1.165) is 0 Å². The van der Waals surface area contributed by atoms with Crippen molar-refractivity contribution in [1.82, 2.24) is 0 Å². The first-order valence-corrected chi connectivity index (χ1v) is 6.93. The van der Waals surface area contributed by atoms with Gasteiger partial charge in [-0.25, -0.2) is 22.3 Å².